The van der Waals surface area contributed by atoms with Crippen LogP contribution < -0.4 is 5.32 Å². The highest BCUT2D eigenvalue weighted by Gasteiger charge is 2.26. The van der Waals surface area contributed by atoms with Crippen LogP contribution in [-0.2, 0) is 11.3 Å². The molecule has 1 N–H and O–H groups in total. The molecule has 1 atom stereocenters. The topological polar surface area (TPSA) is 72.0 Å². The van der Waals surface area contributed by atoms with E-state index in [1.165, 1.54) is 0 Å². The highest BCUT2D eigenvalue weighted by atomic mass is 16.5. The number of pyridine rings is 1. The number of amides is 2. The van der Waals surface area contributed by atoms with Crippen molar-refractivity contribution in [2.75, 3.05) is 19.7 Å². The Balaban J connectivity index is 1.36. The van der Waals surface area contributed by atoms with Gasteiger partial charge in [0.2, 0.25) is 0 Å². The average molecular weight is 326 g/mol. The first kappa shape index (κ1) is 14.8. The predicted molar refractivity (Wildman–Crippen MR) is 86.4 cm³/mol. The third-order valence-corrected chi connectivity index (χ3v) is 4.12. The van der Waals surface area contributed by atoms with Gasteiger partial charge in [0.25, 0.3) is 0 Å². The van der Waals surface area contributed by atoms with Gasteiger partial charge in [-0.15, -0.1) is 0 Å². The minimum absolute atomic E-state index is 0.0990. The summed E-state index contributed by atoms with van der Waals surface area (Å²) >= 11 is 0. The zero-order valence-electron chi connectivity index (χ0n) is 13.1. The summed E-state index contributed by atoms with van der Waals surface area (Å²) in [7, 11) is 0. The van der Waals surface area contributed by atoms with Crippen LogP contribution in [0.4, 0.5) is 4.79 Å². The fraction of sp³-hybridized carbons (Fsp3) is 0.294. The van der Waals surface area contributed by atoms with Crippen LogP contribution in [0.1, 0.15) is 17.4 Å². The Kier molecular flexibility index (Phi) is 3.92. The number of ether oxygens (including phenoxy) is 1. The second-order valence-corrected chi connectivity index (χ2v) is 5.71. The molecule has 124 valence electrons. The number of imidazole rings is 1. The van der Waals surface area contributed by atoms with E-state index in [0.29, 0.717) is 26.2 Å². The number of hydrogen-bond acceptors (Lipinski definition) is 4. The first-order valence-corrected chi connectivity index (χ1v) is 7.89. The molecule has 0 aromatic carbocycles. The van der Waals surface area contributed by atoms with Crippen molar-refractivity contribution in [1.82, 2.24) is 19.6 Å². The summed E-state index contributed by atoms with van der Waals surface area (Å²) in [6.07, 6.45) is 6.98. The number of morpholine rings is 1. The molecule has 1 aliphatic rings. The Labute approximate surface area is 138 Å². The molecule has 0 spiro atoms. The molecule has 0 radical (unpaired) electrons. The second-order valence-electron chi connectivity index (χ2n) is 5.71. The summed E-state index contributed by atoms with van der Waals surface area (Å²) < 4.78 is 13.0. The van der Waals surface area contributed by atoms with Crippen molar-refractivity contribution in [2.24, 2.45) is 0 Å². The van der Waals surface area contributed by atoms with Crippen LogP contribution in [0.25, 0.3) is 5.65 Å². The summed E-state index contributed by atoms with van der Waals surface area (Å²) in [4.78, 5) is 18.4. The van der Waals surface area contributed by atoms with Crippen molar-refractivity contribution in [1.29, 1.82) is 0 Å². The number of carbonyl (C=O) groups excluding carboxylic acids is 1. The van der Waals surface area contributed by atoms with Gasteiger partial charge in [0.05, 0.1) is 19.4 Å². The lowest BCUT2D eigenvalue weighted by Gasteiger charge is -2.32. The standard InChI is InChI=1S/C17H18N4O3/c22-17(19-11-13-3-5-20-6-4-18-16(20)10-13)21-7-9-24-15(12-21)14-2-1-8-23-14/h1-6,8,10,15H,7,9,11-12H2,(H,19,22). The monoisotopic (exact) mass is 326 g/mol. The largest absolute Gasteiger partial charge is 0.467 e. The molecule has 7 heteroatoms. The SMILES string of the molecule is O=C(NCc1ccn2ccnc2c1)N1CCOC(c2ccco2)C1. The third-order valence-electron chi connectivity index (χ3n) is 4.12. The Morgan fingerprint density at radius 3 is 3.21 bits per heavy atom. The van der Waals surface area contributed by atoms with Crippen molar-refractivity contribution in [3.63, 3.8) is 0 Å². The zero-order chi connectivity index (χ0) is 16.4. The molecule has 1 unspecified atom stereocenters. The van der Waals surface area contributed by atoms with E-state index in [0.717, 1.165) is 17.0 Å². The van der Waals surface area contributed by atoms with E-state index in [4.69, 9.17) is 9.15 Å². The van der Waals surface area contributed by atoms with Crippen LogP contribution >= 0.6 is 0 Å². The fourth-order valence-corrected chi connectivity index (χ4v) is 2.83. The Hall–Kier alpha value is -2.80. The van der Waals surface area contributed by atoms with Gasteiger partial charge in [-0.3, -0.25) is 0 Å². The molecule has 1 fully saturated rings. The van der Waals surface area contributed by atoms with Crippen LogP contribution in [0.2, 0.25) is 0 Å². The van der Waals surface area contributed by atoms with Gasteiger partial charge in [0.15, 0.2) is 0 Å². The highest BCUT2D eigenvalue weighted by molar-refractivity contribution is 5.74. The zero-order valence-corrected chi connectivity index (χ0v) is 13.1. The number of fused-ring (bicyclic) bond motifs is 1. The molecule has 24 heavy (non-hydrogen) atoms. The summed E-state index contributed by atoms with van der Waals surface area (Å²) in [5.74, 6) is 0.747. The fourth-order valence-electron chi connectivity index (χ4n) is 2.83. The molecule has 0 saturated carbocycles. The summed E-state index contributed by atoms with van der Waals surface area (Å²) in [5.41, 5.74) is 1.88. The lowest BCUT2D eigenvalue weighted by molar-refractivity contribution is -0.0260. The predicted octanol–water partition coefficient (Wildman–Crippen LogP) is 2.21. The van der Waals surface area contributed by atoms with Gasteiger partial charge in [0, 0.05) is 31.7 Å². The smallest absolute Gasteiger partial charge is 0.317 e. The Morgan fingerprint density at radius 1 is 1.38 bits per heavy atom. The van der Waals surface area contributed by atoms with E-state index in [1.807, 2.05) is 41.1 Å². The van der Waals surface area contributed by atoms with E-state index in [9.17, 15) is 4.79 Å². The van der Waals surface area contributed by atoms with E-state index in [1.54, 1.807) is 17.4 Å². The number of hydrogen-bond donors (Lipinski definition) is 1. The maximum absolute atomic E-state index is 12.4. The number of furan rings is 1. The highest BCUT2D eigenvalue weighted by Crippen LogP contribution is 2.22. The molecule has 4 heterocycles. The molecule has 1 saturated heterocycles. The maximum Gasteiger partial charge on any atom is 0.317 e. The van der Waals surface area contributed by atoms with Crippen LogP contribution in [-0.4, -0.2) is 40.0 Å². The van der Waals surface area contributed by atoms with Gasteiger partial charge in [-0.2, -0.15) is 0 Å². The number of urea groups is 1. The molecule has 3 aromatic rings. The lowest BCUT2D eigenvalue weighted by Crippen LogP contribution is -2.46. The van der Waals surface area contributed by atoms with Crippen LogP contribution in [0.15, 0.2) is 53.5 Å². The van der Waals surface area contributed by atoms with Crippen molar-refractivity contribution >= 4 is 11.7 Å². The number of nitrogens with zero attached hydrogens (tertiary/aromatic N) is 3. The quantitative estimate of drug-likeness (QED) is 0.801. The van der Waals surface area contributed by atoms with Crippen molar-refractivity contribution in [2.45, 2.75) is 12.6 Å². The summed E-state index contributed by atoms with van der Waals surface area (Å²) in [6.45, 7) is 2.02. The Morgan fingerprint density at radius 2 is 2.33 bits per heavy atom. The van der Waals surface area contributed by atoms with Gasteiger partial charge in [-0.1, -0.05) is 0 Å². The molecule has 2 amide bonds. The van der Waals surface area contributed by atoms with Gasteiger partial charge in [-0.05, 0) is 29.8 Å². The van der Waals surface area contributed by atoms with E-state index >= 15 is 0 Å². The molecule has 0 bridgehead atoms. The minimum atomic E-state index is -0.208. The Bertz CT molecular complexity index is 827. The number of nitrogens with one attached hydrogen (secondary N) is 1. The molecule has 1 aliphatic heterocycles. The van der Waals surface area contributed by atoms with Gasteiger partial charge in [-0.25, -0.2) is 9.78 Å². The van der Waals surface area contributed by atoms with Gasteiger partial charge in [0.1, 0.15) is 17.5 Å². The molecule has 3 aromatic heterocycles. The van der Waals surface area contributed by atoms with E-state index in [2.05, 4.69) is 10.3 Å². The normalized spacial score (nSPS) is 18.0. The molecular weight excluding hydrogens is 308 g/mol. The first-order chi connectivity index (χ1) is 11.8. The number of carbonyl (C=O) groups is 1. The van der Waals surface area contributed by atoms with Gasteiger partial charge < -0.3 is 23.8 Å². The number of rotatable bonds is 3. The van der Waals surface area contributed by atoms with Crippen molar-refractivity contribution in [3.05, 3.63) is 60.4 Å². The van der Waals surface area contributed by atoms with Crippen LogP contribution in [0.3, 0.4) is 0 Å². The maximum atomic E-state index is 12.4. The summed E-state index contributed by atoms with van der Waals surface area (Å²) in [6, 6.07) is 7.53. The number of aromatic nitrogens is 2. The molecule has 0 aliphatic carbocycles. The van der Waals surface area contributed by atoms with Crippen LogP contribution in [0, 0.1) is 0 Å². The van der Waals surface area contributed by atoms with Crippen molar-refractivity contribution < 1.29 is 13.9 Å². The van der Waals surface area contributed by atoms with E-state index in [-0.39, 0.29) is 12.1 Å². The average Bonchev–Trinajstić information content (AvgIpc) is 3.30. The molecule has 7 nitrogen and oxygen atoms in total. The minimum Gasteiger partial charge on any atom is -0.467 e. The summed E-state index contributed by atoms with van der Waals surface area (Å²) in [5, 5.41) is 2.96. The first-order valence-electron chi connectivity index (χ1n) is 7.89. The molecular formula is C17H18N4O3. The van der Waals surface area contributed by atoms with Gasteiger partial charge >= 0.3 is 6.03 Å². The molecule has 4 rings (SSSR count). The van der Waals surface area contributed by atoms with Crippen molar-refractivity contribution in [3.8, 4) is 0 Å². The van der Waals surface area contributed by atoms with Crippen LogP contribution in [0.5, 0.6) is 0 Å². The van der Waals surface area contributed by atoms with E-state index < -0.39 is 0 Å². The second kappa shape index (κ2) is 6.37. The third kappa shape index (κ3) is 2.98. The lowest BCUT2D eigenvalue weighted by atomic mass is 10.2.